The predicted molar refractivity (Wildman–Crippen MR) is 106 cm³/mol. The van der Waals surface area contributed by atoms with Crippen molar-refractivity contribution in [2.75, 3.05) is 33.4 Å². The minimum atomic E-state index is 0.692. The fourth-order valence-electron chi connectivity index (χ4n) is 3.07. The number of aromatic nitrogens is 3. The smallest absolute Gasteiger partial charge is 0.191 e. The summed E-state index contributed by atoms with van der Waals surface area (Å²) in [5.74, 6) is 3.82. The van der Waals surface area contributed by atoms with Gasteiger partial charge in [0.2, 0.25) is 0 Å². The Morgan fingerprint density at radius 3 is 2.81 bits per heavy atom. The summed E-state index contributed by atoms with van der Waals surface area (Å²) in [6.07, 6.45) is 7.93. The van der Waals surface area contributed by atoms with E-state index in [1.54, 1.807) is 7.05 Å². The van der Waals surface area contributed by atoms with Crippen LogP contribution in [0, 0.1) is 5.92 Å². The highest BCUT2D eigenvalue weighted by Crippen LogP contribution is 2.15. The fourth-order valence-corrected chi connectivity index (χ4v) is 3.07. The normalized spacial score (nSPS) is 15.0. The Labute approximate surface area is 158 Å². The largest absolute Gasteiger partial charge is 0.380 e. The van der Waals surface area contributed by atoms with Crippen LogP contribution in [0.4, 0.5) is 0 Å². The number of guanidine groups is 1. The first-order valence-corrected chi connectivity index (χ1v) is 10.1. The molecule has 1 aromatic heterocycles. The minimum Gasteiger partial charge on any atom is -0.380 e. The Morgan fingerprint density at radius 2 is 2.00 bits per heavy atom. The lowest BCUT2D eigenvalue weighted by molar-refractivity contribution is 0.128. The van der Waals surface area contributed by atoms with Gasteiger partial charge in [0.25, 0.3) is 0 Å². The average molecular weight is 365 g/mol. The van der Waals surface area contributed by atoms with Gasteiger partial charge >= 0.3 is 0 Å². The molecule has 0 amide bonds. The summed E-state index contributed by atoms with van der Waals surface area (Å²) in [7, 11) is 1.80. The van der Waals surface area contributed by atoms with Gasteiger partial charge in [0.1, 0.15) is 11.6 Å². The van der Waals surface area contributed by atoms with Crippen molar-refractivity contribution in [2.45, 2.75) is 65.3 Å². The highest BCUT2D eigenvalue weighted by Gasteiger charge is 2.14. The molecule has 2 rings (SSSR count). The Balaban J connectivity index is 1.59. The van der Waals surface area contributed by atoms with Crippen molar-refractivity contribution in [1.82, 2.24) is 25.4 Å². The quantitative estimate of drug-likeness (QED) is 0.378. The SMILES string of the molecule is CN=C(NCCCc1nnc2n1CCCCC2)NCCOCCC(C)C. The van der Waals surface area contributed by atoms with Crippen molar-refractivity contribution in [3.05, 3.63) is 11.6 Å². The molecule has 1 aliphatic heterocycles. The van der Waals surface area contributed by atoms with Gasteiger partial charge in [0.15, 0.2) is 5.96 Å². The molecule has 26 heavy (non-hydrogen) atoms. The summed E-state index contributed by atoms with van der Waals surface area (Å²) in [4.78, 5) is 4.26. The first-order valence-electron chi connectivity index (χ1n) is 10.1. The second-order valence-corrected chi connectivity index (χ2v) is 7.32. The monoisotopic (exact) mass is 364 g/mol. The average Bonchev–Trinajstić information content (AvgIpc) is 2.86. The van der Waals surface area contributed by atoms with Gasteiger partial charge in [0.05, 0.1) is 6.61 Å². The van der Waals surface area contributed by atoms with E-state index < -0.39 is 0 Å². The van der Waals surface area contributed by atoms with Gasteiger partial charge < -0.3 is 19.9 Å². The van der Waals surface area contributed by atoms with Gasteiger partial charge in [-0.25, -0.2) is 0 Å². The van der Waals surface area contributed by atoms with E-state index in [0.717, 1.165) is 63.7 Å². The number of hydrogen-bond donors (Lipinski definition) is 2. The number of ether oxygens (including phenoxy) is 1. The summed E-state index contributed by atoms with van der Waals surface area (Å²) < 4.78 is 7.94. The van der Waals surface area contributed by atoms with E-state index in [2.05, 4.69) is 44.2 Å². The predicted octanol–water partition coefficient (Wildman–Crippen LogP) is 2.16. The molecule has 7 nitrogen and oxygen atoms in total. The fraction of sp³-hybridized carbons (Fsp3) is 0.842. The van der Waals surface area contributed by atoms with E-state index >= 15 is 0 Å². The lowest BCUT2D eigenvalue weighted by Gasteiger charge is -2.12. The number of fused-ring (bicyclic) bond motifs is 1. The lowest BCUT2D eigenvalue weighted by atomic mass is 10.1. The zero-order valence-corrected chi connectivity index (χ0v) is 16.8. The molecule has 148 valence electrons. The Kier molecular flexibility index (Phi) is 9.45. The first kappa shape index (κ1) is 20.7. The van der Waals surface area contributed by atoms with Gasteiger partial charge in [-0.3, -0.25) is 4.99 Å². The van der Waals surface area contributed by atoms with Gasteiger partial charge in [0, 0.05) is 46.1 Å². The molecule has 2 N–H and O–H groups in total. The van der Waals surface area contributed by atoms with Crippen LogP contribution in [0.25, 0.3) is 0 Å². The number of rotatable bonds is 10. The third-order valence-electron chi connectivity index (χ3n) is 4.66. The van der Waals surface area contributed by atoms with Crippen LogP contribution >= 0.6 is 0 Å². The molecular weight excluding hydrogens is 328 g/mol. The summed E-state index contributed by atoms with van der Waals surface area (Å²) in [5, 5.41) is 15.4. The second-order valence-electron chi connectivity index (χ2n) is 7.32. The molecule has 0 fully saturated rings. The van der Waals surface area contributed by atoms with Crippen LogP contribution in [0.1, 0.15) is 57.6 Å². The highest BCUT2D eigenvalue weighted by atomic mass is 16.5. The summed E-state index contributed by atoms with van der Waals surface area (Å²) in [6, 6.07) is 0. The van der Waals surface area contributed by atoms with E-state index in [0.29, 0.717) is 12.5 Å². The molecule has 0 bridgehead atoms. The molecule has 0 unspecified atom stereocenters. The number of nitrogens with one attached hydrogen (secondary N) is 2. The number of aliphatic imine (C=N–C) groups is 1. The van der Waals surface area contributed by atoms with E-state index in [1.165, 1.54) is 25.1 Å². The van der Waals surface area contributed by atoms with Crippen molar-refractivity contribution in [1.29, 1.82) is 0 Å². The lowest BCUT2D eigenvalue weighted by Crippen LogP contribution is -2.39. The van der Waals surface area contributed by atoms with Gasteiger partial charge in [-0.2, -0.15) is 0 Å². The van der Waals surface area contributed by atoms with Crippen LogP contribution in [0.3, 0.4) is 0 Å². The van der Waals surface area contributed by atoms with E-state index in [9.17, 15) is 0 Å². The summed E-state index contributed by atoms with van der Waals surface area (Å²) >= 11 is 0. The number of aryl methyl sites for hydroxylation is 2. The zero-order valence-electron chi connectivity index (χ0n) is 16.8. The van der Waals surface area contributed by atoms with Crippen molar-refractivity contribution >= 4 is 5.96 Å². The molecule has 0 saturated heterocycles. The van der Waals surface area contributed by atoms with Crippen LogP contribution in [0.2, 0.25) is 0 Å². The van der Waals surface area contributed by atoms with Crippen molar-refractivity contribution in [2.24, 2.45) is 10.9 Å². The Hall–Kier alpha value is -1.63. The maximum atomic E-state index is 5.61. The van der Waals surface area contributed by atoms with Crippen LogP contribution in [0.5, 0.6) is 0 Å². The molecule has 1 aromatic rings. The van der Waals surface area contributed by atoms with Crippen LogP contribution < -0.4 is 10.6 Å². The molecule has 2 heterocycles. The maximum absolute atomic E-state index is 5.61. The Morgan fingerprint density at radius 1 is 1.15 bits per heavy atom. The van der Waals surface area contributed by atoms with Crippen molar-refractivity contribution in [3.8, 4) is 0 Å². The standard InChI is InChI=1S/C19H36N6O/c1-16(2)10-14-26-15-12-22-19(20-3)21-11-7-9-18-24-23-17-8-5-4-6-13-25(17)18/h16H,4-15H2,1-3H3,(H2,20,21,22). The van der Waals surface area contributed by atoms with Gasteiger partial charge in [-0.15, -0.1) is 10.2 Å². The van der Waals surface area contributed by atoms with E-state index in [-0.39, 0.29) is 0 Å². The number of nitrogens with zero attached hydrogens (tertiary/aromatic N) is 4. The first-order chi connectivity index (χ1) is 12.7. The third kappa shape index (κ3) is 7.32. The van der Waals surface area contributed by atoms with Crippen molar-refractivity contribution < 1.29 is 4.74 Å². The molecule has 0 radical (unpaired) electrons. The topological polar surface area (TPSA) is 76.4 Å². The minimum absolute atomic E-state index is 0.692. The molecule has 1 aliphatic rings. The van der Waals surface area contributed by atoms with Crippen LogP contribution in [0.15, 0.2) is 4.99 Å². The van der Waals surface area contributed by atoms with E-state index in [4.69, 9.17) is 4.74 Å². The molecule has 7 heteroatoms. The van der Waals surface area contributed by atoms with Gasteiger partial charge in [-0.05, 0) is 31.6 Å². The highest BCUT2D eigenvalue weighted by molar-refractivity contribution is 5.79. The maximum Gasteiger partial charge on any atom is 0.191 e. The second kappa shape index (κ2) is 11.9. The van der Waals surface area contributed by atoms with E-state index in [1.807, 2.05) is 0 Å². The zero-order chi connectivity index (χ0) is 18.6. The summed E-state index contributed by atoms with van der Waals surface area (Å²) in [5.41, 5.74) is 0. The Bertz CT molecular complexity index is 540. The third-order valence-corrected chi connectivity index (χ3v) is 4.66. The van der Waals surface area contributed by atoms with Crippen molar-refractivity contribution in [3.63, 3.8) is 0 Å². The van der Waals surface area contributed by atoms with Crippen LogP contribution in [-0.2, 0) is 24.1 Å². The number of hydrogen-bond acceptors (Lipinski definition) is 4. The molecule has 0 atom stereocenters. The molecular formula is C19H36N6O. The molecule has 0 saturated carbocycles. The molecule has 0 spiro atoms. The summed E-state index contributed by atoms with van der Waals surface area (Å²) in [6.45, 7) is 8.68. The van der Waals surface area contributed by atoms with Gasteiger partial charge in [-0.1, -0.05) is 20.3 Å². The molecule has 0 aromatic carbocycles. The van der Waals surface area contributed by atoms with Crippen LogP contribution in [-0.4, -0.2) is 54.1 Å². The molecule has 0 aliphatic carbocycles.